The standard InChI is InChI=1S/C9H8ClNO/c10-9-6(5-12)1-2-8-7(9)3-4-11-8/h3-6H,1-2H2. The molecular weight excluding hydrogens is 174 g/mol. The van der Waals surface area contributed by atoms with E-state index in [2.05, 4.69) is 4.99 Å². The van der Waals surface area contributed by atoms with Crippen LogP contribution in [-0.4, -0.2) is 12.0 Å². The Bertz CT molecular complexity index is 314. The van der Waals surface area contributed by atoms with E-state index in [0.29, 0.717) is 5.03 Å². The number of carbonyl (C=O) groups is 1. The number of hydrogen-bond acceptors (Lipinski definition) is 2. The van der Waals surface area contributed by atoms with E-state index >= 15 is 0 Å². The average Bonchev–Trinajstić information content (AvgIpc) is 2.53. The number of nitrogens with zero attached hydrogens (tertiary/aromatic N) is 1. The molecule has 1 atom stereocenters. The third-order valence-electron chi connectivity index (χ3n) is 2.22. The van der Waals surface area contributed by atoms with Crippen LogP contribution in [0, 0.1) is 5.92 Å². The first-order chi connectivity index (χ1) is 5.83. The molecule has 1 aliphatic heterocycles. The summed E-state index contributed by atoms with van der Waals surface area (Å²) in [7, 11) is 0. The third kappa shape index (κ3) is 1.03. The minimum Gasteiger partial charge on any atom is -0.303 e. The van der Waals surface area contributed by atoms with Gasteiger partial charge in [-0.2, -0.15) is 0 Å². The zero-order chi connectivity index (χ0) is 8.55. The van der Waals surface area contributed by atoms with Gasteiger partial charge in [-0.1, -0.05) is 11.6 Å². The van der Waals surface area contributed by atoms with Crippen molar-refractivity contribution >= 4 is 23.6 Å². The fourth-order valence-corrected chi connectivity index (χ4v) is 1.86. The van der Waals surface area contributed by atoms with E-state index in [1.54, 1.807) is 6.20 Å². The summed E-state index contributed by atoms with van der Waals surface area (Å²) in [5.41, 5.74) is 1.98. The Kier molecular flexibility index (Phi) is 1.85. The summed E-state index contributed by atoms with van der Waals surface area (Å²) in [6.45, 7) is 0. The molecule has 0 aromatic heterocycles. The van der Waals surface area contributed by atoms with Crippen molar-refractivity contribution in [3.05, 3.63) is 22.9 Å². The van der Waals surface area contributed by atoms with Crippen LogP contribution in [0.2, 0.25) is 0 Å². The van der Waals surface area contributed by atoms with E-state index in [-0.39, 0.29) is 5.92 Å². The molecule has 1 aliphatic carbocycles. The van der Waals surface area contributed by atoms with E-state index in [1.165, 1.54) is 0 Å². The molecule has 0 amide bonds. The molecule has 62 valence electrons. The van der Waals surface area contributed by atoms with Gasteiger partial charge in [0, 0.05) is 22.5 Å². The number of aliphatic imine (C=N–C) groups is 1. The third-order valence-corrected chi connectivity index (χ3v) is 2.71. The number of aldehydes is 1. The highest BCUT2D eigenvalue weighted by atomic mass is 35.5. The summed E-state index contributed by atoms with van der Waals surface area (Å²) < 4.78 is 0. The molecule has 0 radical (unpaired) electrons. The quantitative estimate of drug-likeness (QED) is 0.570. The first-order valence-corrected chi connectivity index (χ1v) is 4.29. The van der Waals surface area contributed by atoms with Crippen LogP contribution in [0.5, 0.6) is 0 Å². The van der Waals surface area contributed by atoms with Crippen molar-refractivity contribution in [1.82, 2.24) is 0 Å². The van der Waals surface area contributed by atoms with Crippen molar-refractivity contribution in [1.29, 1.82) is 0 Å². The monoisotopic (exact) mass is 181 g/mol. The lowest BCUT2D eigenvalue weighted by molar-refractivity contribution is -0.110. The van der Waals surface area contributed by atoms with E-state index < -0.39 is 0 Å². The lowest BCUT2D eigenvalue weighted by Gasteiger charge is -2.18. The minimum absolute atomic E-state index is 0.108. The Balaban J connectivity index is 2.43. The zero-order valence-electron chi connectivity index (χ0n) is 6.46. The van der Waals surface area contributed by atoms with Crippen molar-refractivity contribution in [2.24, 2.45) is 10.9 Å². The van der Waals surface area contributed by atoms with Gasteiger partial charge in [-0.15, -0.1) is 0 Å². The van der Waals surface area contributed by atoms with E-state index in [9.17, 15) is 4.79 Å². The van der Waals surface area contributed by atoms with Crippen molar-refractivity contribution in [3.63, 3.8) is 0 Å². The van der Waals surface area contributed by atoms with Gasteiger partial charge in [0.1, 0.15) is 6.29 Å². The maximum atomic E-state index is 10.6. The fourth-order valence-electron chi connectivity index (χ4n) is 1.53. The van der Waals surface area contributed by atoms with Crippen molar-refractivity contribution < 1.29 is 4.79 Å². The van der Waals surface area contributed by atoms with Gasteiger partial charge >= 0.3 is 0 Å². The van der Waals surface area contributed by atoms with E-state index in [4.69, 9.17) is 11.6 Å². The van der Waals surface area contributed by atoms with Crippen LogP contribution in [0.25, 0.3) is 0 Å². The molecule has 0 aromatic carbocycles. The van der Waals surface area contributed by atoms with Crippen LogP contribution in [0.4, 0.5) is 0 Å². The lowest BCUT2D eigenvalue weighted by atomic mass is 9.90. The van der Waals surface area contributed by atoms with Crippen LogP contribution >= 0.6 is 11.6 Å². The Hall–Kier alpha value is -0.890. The molecule has 0 N–H and O–H groups in total. The Morgan fingerprint density at radius 3 is 3.25 bits per heavy atom. The molecular formula is C9H8ClNO. The number of allylic oxidation sites excluding steroid dienone is 3. The molecule has 0 fully saturated rings. The minimum atomic E-state index is -0.108. The normalized spacial score (nSPS) is 27.1. The maximum Gasteiger partial charge on any atom is 0.128 e. The first-order valence-electron chi connectivity index (χ1n) is 3.91. The Morgan fingerprint density at radius 1 is 1.67 bits per heavy atom. The molecule has 0 bridgehead atoms. The summed E-state index contributed by atoms with van der Waals surface area (Å²) in [6.07, 6.45) is 6.18. The Labute approximate surface area is 75.6 Å². The predicted molar refractivity (Wildman–Crippen MR) is 48.2 cm³/mol. The number of carbonyl (C=O) groups excluding carboxylic acids is 1. The largest absolute Gasteiger partial charge is 0.303 e. The second-order valence-corrected chi connectivity index (χ2v) is 3.34. The summed E-state index contributed by atoms with van der Waals surface area (Å²) in [5.74, 6) is -0.108. The molecule has 0 spiro atoms. The molecule has 0 saturated carbocycles. The maximum absolute atomic E-state index is 10.6. The summed E-state index contributed by atoms with van der Waals surface area (Å²) in [4.78, 5) is 14.7. The molecule has 2 aliphatic rings. The van der Waals surface area contributed by atoms with Crippen molar-refractivity contribution in [2.75, 3.05) is 0 Å². The molecule has 2 rings (SSSR count). The Morgan fingerprint density at radius 2 is 2.50 bits per heavy atom. The van der Waals surface area contributed by atoms with Gasteiger partial charge in [-0.25, -0.2) is 0 Å². The number of fused-ring (bicyclic) bond motifs is 1. The van der Waals surface area contributed by atoms with E-state index in [0.717, 1.165) is 30.4 Å². The molecule has 12 heavy (non-hydrogen) atoms. The first kappa shape index (κ1) is 7.74. The summed E-state index contributed by atoms with van der Waals surface area (Å²) in [6, 6.07) is 0. The zero-order valence-corrected chi connectivity index (χ0v) is 7.21. The highest BCUT2D eigenvalue weighted by Crippen LogP contribution is 2.32. The van der Waals surface area contributed by atoms with Gasteiger partial charge in [0.25, 0.3) is 0 Å². The number of rotatable bonds is 1. The lowest BCUT2D eigenvalue weighted by Crippen LogP contribution is -2.15. The topological polar surface area (TPSA) is 29.4 Å². The van der Waals surface area contributed by atoms with Crippen molar-refractivity contribution in [2.45, 2.75) is 12.8 Å². The van der Waals surface area contributed by atoms with Gasteiger partial charge in [0.2, 0.25) is 0 Å². The number of hydrogen-bond donors (Lipinski definition) is 0. The van der Waals surface area contributed by atoms with Gasteiger partial charge < -0.3 is 4.79 Å². The highest BCUT2D eigenvalue weighted by Gasteiger charge is 2.25. The van der Waals surface area contributed by atoms with Crippen molar-refractivity contribution in [3.8, 4) is 0 Å². The molecule has 3 heteroatoms. The van der Waals surface area contributed by atoms with Crippen LogP contribution < -0.4 is 0 Å². The predicted octanol–water partition coefficient (Wildman–Crippen LogP) is 2.06. The van der Waals surface area contributed by atoms with Crippen LogP contribution in [0.1, 0.15) is 12.8 Å². The molecule has 0 aromatic rings. The molecule has 1 unspecified atom stereocenters. The highest BCUT2D eigenvalue weighted by molar-refractivity contribution is 6.34. The molecule has 2 nitrogen and oxygen atoms in total. The SMILES string of the molecule is O=CC1CCC2=NC=CC2=C1Cl. The van der Waals surface area contributed by atoms with Crippen LogP contribution in [0.3, 0.4) is 0 Å². The van der Waals surface area contributed by atoms with Gasteiger partial charge in [0.05, 0.1) is 5.92 Å². The van der Waals surface area contributed by atoms with Crippen LogP contribution in [-0.2, 0) is 4.79 Å². The smallest absolute Gasteiger partial charge is 0.128 e. The van der Waals surface area contributed by atoms with Gasteiger partial charge in [-0.3, -0.25) is 4.99 Å². The number of halogens is 1. The summed E-state index contributed by atoms with van der Waals surface area (Å²) in [5, 5.41) is 0.656. The second kappa shape index (κ2) is 2.87. The summed E-state index contributed by atoms with van der Waals surface area (Å²) >= 11 is 6.00. The molecule has 1 heterocycles. The average molecular weight is 182 g/mol. The van der Waals surface area contributed by atoms with Gasteiger partial charge in [0.15, 0.2) is 0 Å². The van der Waals surface area contributed by atoms with Gasteiger partial charge in [-0.05, 0) is 18.9 Å². The van der Waals surface area contributed by atoms with Crippen LogP contribution in [0.15, 0.2) is 27.9 Å². The molecule has 0 saturated heterocycles. The second-order valence-electron chi connectivity index (χ2n) is 2.93. The fraction of sp³-hybridized carbons (Fsp3) is 0.333. The van der Waals surface area contributed by atoms with E-state index in [1.807, 2.05) is 6.08 Å².